The first-order chi connectivity index (χ1) is 11.5. The molecule has 1 unspecified atom stereocenters. The number of ether oxygens (including phenoxy) is 1. The molecule has 2 N–H and O–H groups in total. The van der Waals surface area contributed by atoms with Gasteiger partial charge in [0.15, 0.2) is 6.10 Å². The molecule has 1 atom stereocenters. The Bertz CT molecular complexity index is 797. The minimum Gasteiger partial charge on any atom is -0.478 e. The monoisotopic (exact) mass is 328 g/mol. The van der Waals surface area contributed by atoms with Crippen molar-refractivity contribution in [2.45, 2.75) is 39.8 Å². The summed E-state index contributed by atoms with van der Waals surface area (Å²) in [7, 11) is 0. The Labute approximate surface area is 140 Å². The number of benzene rings is 1. The van der Waals surface area contributed by atoms with E-state index < -0.39 is 6.10 Å². The summed E-state index contributed by atoms with van der Waals surface area (Å²) in [6.07, 6.45) is -0.905. The van der Waals surface area contributed by atoms with Crippen LogP contribution in [0.25, 0.3) is 0 Å². The van der Waals surface area contributed by atoms with Gasteiger partial charge < -0.3 is 15.4 Å². The molecule has 126 valence electrons. The molecule has 2 heterocycles. The van der Waals surface area contributed by atoms with Gasteiger partial charge in [0.1, 0.15) is 5.75 Å². The summed E-state index contributed by atoms with van der Waals surface area (Å²) < 4.78 is 7.47. The number of anilines is 2. The van der Waals surface area contributed by atoms with Gasteiger partial charge in [-0.3, -0.25) is 14.3 Å². The van der Waals surface area contributed by atoms with E-state index >= 15 is 0 Å². The molecule has 24 heavy (non-hydrogen) atoms. The SMILES string of the molecule is CCn1nc(C)c(NC(=O)CC2Oc3ccccc3NC2=O)c1C. The Morgan fingerprint density at radius 2 is 2.12 bits per heavy atom. The lowest BCUT2D eigenvalue weighted by molar-refractivity contribution is -0.128. The van der Waals surface area contributed by atoms with Crippen molar-refractivity contribution in [1.29, 1.82) is 0 Å². The molecule has 3 rings (SSSR count). The summed E-state index contributed by atoms with van der Waals surface area (Å²) in [5.41, 5.74) is 2.96. The van der Waals surface area contributed by atoms with Gasteiger partial charge in [-0.25, -0.2) is 0 Å². The Hall–Kier alpha value is -2.83. The molecule has 0 fully saturated rings. The van der Waals surface area contributed by atoms with Gasteiger partial charge in [-0.2, -0.15) is 5.10 Å². The van der Waals surface area contributed by atoms with Crippen LogP contribution in [0.1, 0.15) is 24.7 Å². The number of carbonyl (C=O) groups excluding carboxylic acids is 2. The maximum absolute atomic E-state index is 12.3. The van der Waals surface area contributed by atoms with E-state index in [-0.39, 0.29) is 18.2 Å². The number of amides is 2. The lowest BCUT2D eigenvalue weighted by Gasteiger charge is -2.25. The lowest BCUT2D eigenvalue weighted by atomic mass is 10.1. The number of aryl methyl sites for hydroxylation is 2. The summed E-state index contributed by atoms with van der Waals surface area (Å²) >= 11 is 0. The first kappa shape index (κ1) is 16.0. The number of fused-ring (bicyclic) bond motifs is 1. The van der Waals surface area contributed by atoms with Crippen molar-refractivity contribution in [1.82, 2.24) is 9.78 Å². The van der Waals surface area contributed by atoms with E-state index in [1.165, 1.54) is 0 Å². The summed E-state index contributed by atoms with van der Waals surface area (Å²) in [4.78, 5) is 24.4. The van der Waals surface area contributed by atoms with Crippen molar-refractivity contribution in [3.05, 3.63) is 35.7 Å². The van der Waals surface area contributed by atoms with Crippen LogP contribution in [-0.2, 0) is 16.1 Å². The molecule has 0 aliphatic carbocycles. The summed E-state index contributed by atoms with van der Waals surface area (Å²) in [6, 6.07) is 7.15. The smallest absolute Gasteiger partial charge is 0.266 e. The molecule has 1 aliphatic heterocycles. The van der Waals surface area contributed by atoms with E-state index in [1.54, 1.807) is 12.1 Å². The zero-order valence-electron chi connectivity index (χ0n) is 13.9. The van der Waals surface area contributed by atoms with Crippen molar-refractivity contribution in [2.75, 3.05) is 10.6 Å². The van der Waals surface area contributed by atoms with E-state index in [4.69, 9.17) is 4.74 Å². The number of carbonyl (C=O) groups is 2. The summed E-state index contributed by atoms with van der Waals surface area (Å²) in [6.45, 7) is 6.46. The van der Waals surface area contributed by atoms with Gasteiger partial charge >= 0.3 is 0 Å². The molecule has 0 saturated heterocycles. The maximum atomic E-state index is 12.3. The standard InChI is InChI=1S/C17H20N4O3/c1-4-21-11(3)16(10(2)20-21)19-15(22)9-14-17(23)18-12-7-5-6-8-13(12)24-14/h5-8,14H,4,9H2,1-3H3,(H,18,23)(H,19,22). The van der Waals surface area contributed by atoms with Crippen LogP contribution in [0.15, 0.2) is 24.3 Å². The zero-order chi connectivity index (χ0) is 17.3. The first-order valence-electron chi connectivity index (χ1n) is 7.90. The Balaban J connectivity index is 1.70. The van der Waals surface area contributed by atoms with Crippen LogP contribution in [-0.4, -0.2) is 27.7 Å². The number of nitrogens with one attached hydrogen (secondary N) is 2. The number of para-hydroxylation sites is 2. The molecular weight excluding hydrogens is 308 g/mol. The molecule has 0 radical (unpaired) electrons. The maximum Gasteiger partial charge on any atom is 0.266 e. The largest absolute Gasteiger partial charge is 0.478 e. The van der Waals surface area contributed by atoms with E-state index in [0.717, 1.165) is 17.9 Å². The van der Waals surface area contributed by atoms with E-state index in [2.05, 4.69) is 15.7 Å². The average molecular weight is 328 g/mol. The summed E-state index contributed by atoms with van der Waals surface area (Å²) in [5.74, 6) is -0.0287. The molecule has 1 aromatic carbocycles. The zero-order valence-corrected chi connectivity index (χ0v) is 13.9. The summed E-state index contributed by atoms with van der Waals surface area (Å²) in [5, 5.41) is 9.96. The van der Waals surface area contributed by atoms with E-state index in [9.17, 15) is 9.59 Å². The molecule has 1 aromatic heterocycles. The van der Waals surface area contributed by atoms with Gasteiger partial charge in [-0.1, -0.05) is 12.1 Å². The molecule has 2 amide bonds. The van der Waals surface area contributed by atoms with Crippen LogP contribution in [0.2, 0.25) is 0 Å². The van der Waals surface area contributed by atoms with E-state index in [0.29, 0.717) is 17.1 Å². The molecule has 2 aromatic rings. The highest BCUT2D eigenvalue weighted by molar-refractivity contribution is 6.02. The van der Waals surface area contributed by atoms with Gasteiger partial charge in [0, 0.05) is 6.54 Å². The van der Waals surface area contributed by atoms with Crippen LogP contribution in [0, 0.1) is 13.8 Å². The van der Waals surface area contributed by atoms with Gasteiger partial charge in [0.25, 0.3) is 5.91 Å². The van der Waals surface area contributed by atoms with Crippen LogP contribution in [0.5, 0.6) is 5.75 Å². The molecule has 7 heteroatoms. The first-order valence-corrected chi connectivity index (χ1v) is 7.90. The average Bonchev–Trinajstić information content (AvgIpc) is 2.83. The van der Waals surface area contributed by atoms with Crippen molar-refractivity contribution in [2.24, 2.45) is 0 Å². The second kappa shape index (κ2) is 6.35. The Morgan fingerprint density at radius 1 is 1.38 bits per heavy atom. The van der Waals surface area contributed by atoms with Crippen molar-refractivity contribution in [3.8, 4) is 5.75 Å². The highest BCUT2D eigenvalue weighted by Gasteiger charge is 2.30. The highest BCUT2D eigenvalue weighted by Crippen LogP contribution is 2.29. The fourth-order valence-electron chi connectivity index (χ4n) is 2.77. The van der Waals surface area contributed by atoms with Crippen LogP contribution >= 0.6 is 0 Å². The Morgan fingerprint density at radius 3 is 2.83 bits per heavy atom. The number of rotatable bonds is 4. The fraction of sp³-hybridized carbons (Fsp3) is 0.353. The number of hydrogen-bond acceptors (Lipinski definition) is 4. The second-order valence-electron chi connectivity index (χ2n) is 5.71. The molecule has 0 saturated carbocycles. The third-order valence-electron chi connectivity index (χ3n) is 4.02. The van der Waals surface area contributed by atoms with E-state index in [1.807, 2.05) is 37.6 Å². The van der Waals surface area contributed by atoms with Gasteiger partial charge in [0.2, 0.25) is 5.91 Å². The third-order valence-corrected chi connectivity index (χ3v) is 4.02. The predicted octanol–water partition coefficient (Wildman–Crippen LogP) is 2.25. The van der Waals surface area contributed by atoms with Crippen LogP contribution < -0.4 is 15.4 Å². The minimum absolute atomic E-state index is 0.0592. The van der Waals surface area contributed by atoms with Crippen molar-refractivity contribution in [3.63, 3.8) is 0 Å². The van der Waals surface area contributed by atoms with Gasteiger partial charge in [-0.05, 0) is 32.9 Å². The quantitative estimate of drug-likeness (QED) is 0.901. The topological polar surface area (TPSA) is 85.2 Å². The number of nitrogens with zero attached hydrogens (tertiary/aromatic N) is 2. The van der Waals surface area contributed by atoms with Crippen LogP contribution in [0.4, 0.5) is 11.4 Å². The fourth-order valence-corrected chi connectivity index (χ4v) is 2.77. The third kappa shape index (κ3) is 2.97. The molecule has 0 bridgehead atoms. The molecule has 0 spiro atoms. The van der Waals surface area contributed by atoms with Crippen molar-refractivity contribution >= 4 is 23.2 Å². The highest BCUT2D eigenvalue weighted by atomic mass is 16.5. The normalized spacial score (nSPS) is 16.1. The number of aromatic nitrogens is 2. The minimum atomic E-state index is -0.846. The van der Waals surface area contributed by atoms with Crippen molar-refractivity contribution < 1.29 is 14.3 Å². The predicted molar refractivity (Wildman–Crippen MR) is 90.1 cm³/mol. The van der Waals surface area contributed by atoms with Gasteiger partial charge in [0.05, 0.1) is 29.2 Å². The molecule has 1 aliphatic rings. The van der Waals surface area contributed by atoms with Crippen LogP contribution in [0.3, 0.4) is 0 Å². The Kier molecular flexibility index (Phi) is 4.24. The number of hydrogen-bond donors (Lipinski definition) is 2. The molecular formula is C17H20N4O3. The van der Waals surface area contributed by atoms with Gasteiger partial charge in [-0.15, -0.1) is 0 Å². The molecule has 7 nitrogen and oxygen atoms in total. The second-order valence-corrected chi connectivity index (χ2v) is 5.71. The lowest BCUT2D eigenvalue weighted by Crippen LogP contribution is -2.39.